The van der Waals surface area contributed by atoms with Gasteiger partial charge in [0.15, 0.2) is 0 Å². The van der Waals surface area contributed by atoms with E-state index in [1.165, 1.54) is 0 Å². The summed E-state index contributed by atoms with van der Waals surface area (Å²) in [5, 5.41) is 9.45. The number of fused-ring (bicyclic) bond motifs is 1. The standard InChI is InChI=1S/C16H16N2O2/c1-2-20-15-8-7-11(9-12(15)10-19)16-17-13-5-3-4-6-14(13)18-16/h3-9,19H,2,10H2,1H3,(H,17,18). The topological polar surface area (TPSA) is 58.1 Å². The van der Waals surface area contributed by atoms with Crippen LogP contribution in [0.5, 0.6) is 5.75 Å². The molecule has 0 aliphatic rings. The van der Waals surface area contributed by atoms with Gasteiger partial charge in [-0.15, -0.1) is 0 Å². The second-order valence-electron chi connectivity index (χ2n) is 4.52. The van der Waals surface area contributed by atoms with Crippen molar-refractivity contribution in [3.8, 4) is 17.1 Å². The van der Waals surface area contributed by atoms with Crippen molar-refractivity contribution in [1.82, 2.24) is 9.97 Å². The molecule has 0 spiro atoms. The van der Waals surface area contributed by atoms with Crippen LogP contribution in [0.4, 0.5) is 0 Å². The highest BCUT2D eigenvalue weighted by molar-refractivity contribution is 5.79. The first-order valence-corrected chi connectivity index (χ1v) is 6.63. The first-order valence-electron chi connectivity index (χ1n) is 6.63. The zero-order valence-corrected chi connectivity index (χ0v) is 11.3. The summed E-state index contributed by atoms with van der Waals surface area (Å²) in [6, 6.07) is 13.6. The Balaban J connectivity index is 2.05. The number of imidazole rings is 1. The molecule has 0 saturated heterocycles. The Bertz CT molecular complexity index is 701. The van der Waals surface area contributed by atoms with E-state index in [-0.39, 0.29) is 6.61 Å². The number of aliphatic hydroxyl groups excluding tert-OH is 1. The maximum Gasteiger partial charge on any atom is 0.138 e. The zero-order chi connectivity index (χ0) is 13.9. The molecule has 0 unspecified atom stereocenters. The Morgan fingerprint density at radius 1 is 1.20 bits per heavy atom. The molecule has 1 aromatic heterocycles. The van der Waals surface area contributed by atoms with Gasteiger partial charge in [-0.2, -0.15) is 0 Å². The molecule has 4 heteroatoms. The molecular formula is C16H16N2O2. The lowest BCUT2D eigenvalue weighted by atomic mass is 10.1. The first-order chi connectivity index (χ1) is 9.81. The van der Waals surface area contributed by atoms with Crippen molar-refractivity contribution in [1.29, 1.82) is 0 Å². The Labute approximate surface area is 117 Å². The van der Waals surface area contributed by atoms with Gasteiger partial charge in [0, 0.05) is 11.1 Å². The molecule has 0 amide bonds. The molecule has 0 aliphatic heterocycles. The lowest BCUT2D eigenvalue weighted by Gasteiger charge is -2.09. The van der Waals surface area contributed by atoms with Crippen molar-refractivity contribution >= 4 is 11.0 Å². The Kier molecular flexibility index (Phi) is 3.39. The smallest absolute Gasteiger partial charge is 0.138 e. The van der Waals surface area contributed by atoms with E-state index < -0.39 is 0 Å². The first kappa shape index (κ1) is 12.7. The number of ether oxygens (including phenoxy) is 1. The van der Waals surface area contributed by atoms with Crippen LogP contribution >= 0.6 is 0 Å². The number of nitrogens with zero attached hydrogens (tertiary/aromatic N) is 1. The quantitative estimate of drug-likeness (QED) is 0.764. The lowest BCUT2D eigenvalue weighted by molar-refractivity contribution is 0.267. The number of aromatic nitrogens is 2. The maximum atomic E-state index is 9.45. The Morgan fingerprint density at radius 3 is 2.80 bits per heavy atom. The van der Waals surface area contributed by atoms with Crippen molar-refractivity contribution in [2.75, 3.05) is 6.61 Å². The van der Waals surface area contributed by atoms with Gasteiger partial charge in [-0.3, -0.25) is 0 Å². The van der Waals surface area contributed by atoms with Gasteiger partial charge in [0.25, 0.3) is 0 Å². The summed E-state index contributed by atoms with van der Waals surface area (Å²) < 4.78 is 5.49. The molecule has 2 N–H and O–H groups in total. The second-order valence-corrected chi connectivity index (χ2v) is 4.52. The van der Waals surface area contributed by atoms with E-state index in [1.54, 1.807) is 0 Å². The van der Waals surface area contributed by atoms with Gasteiger partial charge in [0.05, 0.1) is 24.2 Å². The number of aliphatic hydroxyl groups is 1. The van der Waals surface area contributed by atoms with Crippen molar-refractivity contribution in [2.24, 2.45) is 0 Å². The van der Waals surface area contributed by atoms with Crippen LogP contribution in [0.2, 0.25) is 0 Å². The molecule has 4 nitrogen and oxygen atoms in total. The number of para-hydroxylation sites is 2. The third-order valence-electron chi connectivity index (χ3n) is 3.19. The van der Waals surface area contributed by atoms with Gasteiger partial charge in [-0.25, -0.2) is 4.98 Å². The lowest BCUT2D eigenvalue weighted by Crippen LogP contribution is -1.97. The summed E-state index contributed by atoms with van der Waals surface area (Å²) in [7, 11) is 0. The van der Waals surface area contributed by atoms with Crippen molar-refractivity contribution in [2.45, 2.75) is 13.5 Å². The largest absolute Gasteiger partial charge is 0.494 e. The SMILES string of the molecule is CCOc1ccc(-c2nc3ccccc3[nH]2)cc1CO. The molecule has 102 valence electrons. The molecule has 0 bridgehead atoms. The van der Waals surface area contributed by atoms with Crippen LogP contribution in [0.3, 0.4) is 0 Å². The molecule has 0 radical (unpaired) electrons. The van der Waals surface area contributed by atoms with Gasteiger partial charge in [0.1, 0.15) is 11.6 Å². The van der Waals surface area contributed by atoms with Gasteiger partial charge in [-0.1, -0.05) is 12.1 Å². The third-order valence-corrected chi connectivity index (χ3v) is 3.19. The normalized spacial score (nSPS) is 10.9. The minimum Gasteiger partial charge on any atom is -0.494 e. The van der Waals surface area contributed by atoms with Gasteiger partial charge in [-0.05, 0) is 37.3 Å². The number of rotatable bonds is 4. The second kappa shape index (κ2) is 5.35. The van der Waals surface area contributed by atoms with E-state index in [9.17, 15) is 5.11 Å². The summed E-state index contributed by atoms with van der Waals surface area (Å²) in [4.78, 5) is 7.84. The van der Waals surface area contributed by atoms with E-state index in [2.05, 4.69) is 9.97 Å². The van der Waals surface area contributed by atoms with Crippen LogP contribution in [0.15, 0.2) is 42.5 Å². The van der Waals surface area contributed by atoms with E-state index in [4.69, 9.17) is 4.74 Å². The van der Waals surface area contributed by atoms with Gasteiger partial charge >= 0.3 is 0 Å². The van der Waals surface area contributed by atoms with Crippen molar-refractivity contribution in [3.63, 3.8) is 0 Å². The minimum absolute atomic E-state index is 0.0522. The minimum atomic E-state index is -0.0522. The van der Waals surface area contributed by atoms with E-state index in [0.717, 1.165) is 33.7 Å². The van der Waals surface area contributed by atoms with Gasteiger partial charge in [0.2, 0.25) is 0 Å². The molecule has 3 rings (SSSR count). The number of nitrogens with one attached hydrogen (secondary N) is 1. The average Bonchev–Trinajstić information content (AvgIpc) is 2.92. The fourth-order valence-corrected chi connectivity index (χ4v) is 2.24. The van der Waals surface area contributed by atoms with Crippen LogP contribution < -0.4 is 4.74 Å². The molecule has 2 aromatic carbocycles. The predicted octanol–water partition coefficient (Wildman–Crippen LogP) is 3.12. The van der Waals surface area contributed by atoms with Crippen molar-refractivity contribution < 1.29 is 9.84 Å². The molecule has 0 aliphatic carbocycles. The molecule has 3 aromatic rings. The molecule has 0 fully saturated rings. The zero-order valence-electron chi connectivity index (χ0n) is 11.3. The number of hydrogen-bond acceptors (Lipinski definition) is 3. The van der Waals surface area contributed by atoms with Gasteiger partial charge < -0.3 is 14.8 Å². The number of aromatic amines is 1. The highest BCUT2D eigenvalue weighted by Gasteiger charge is 2.09. The Morgan fingerprint density at radius 2 is 2.05 bits per heavy atom. The number of H-pyrrole nitrogens is 1. The molecule has 0 atom stereocenters. The summed E-state index contributed by atoms with van der Waals surface area (Å²) in [5.41, 5.74) is 3.64. The fraction of sp³-hybridized carbons (Fsp3) is 0.188. The summed E-state index contributed by atoms with van der Waals surface area (Å²) in [6.07, 6.45) is 0. The predicted molar refractivity (Wildman–Crippen MR) is 78.6 cm³/mol. The highest BCUT2D eigenvalue weighted by Crippen LogP contribution is 2.26. The van der Waals surface area contributed by atoms with E-state index in [0.29, 0.717) is 6.61 Å². The van der Waals surface area contributed by atoms with Crippen molar-refractivity contribution in [3.05, 3.63) is 48.0 Å². The summed E-state index contributed by atoms with van der Waals surface area (Å²) >= 11 is 0. The summed E-state index contributed by atoms with van der Waals surface area (Å²) in [6.45, 7) is 2.45. The summed E-state index contributed by atoms with van der Waals surface area (Å²) in [5.74, 6) is 1.51. The number of hydrogen-bond donors (Lipinski definition) is 2. The maximum absolute atomic E-state index is 9.45. The molecule has 1 heterocycles. The monoisotopic (exact) mass is 268 g/mol. The third kappa shape index (κ3) is 2.26. The number of benzene rings is 2. The van der Waals surface area contributed by atoms with E-state index in [1.807, 2.05) is 49.4 Å². The van der Waals surface area contributed by atoms with Crippen LogP contribution in [0, 0.1) is 0 Å². The molecular weight excluding hydrogens is 252 g/mol. The van der Waals surface area contributed by atoms with Crippen LogP contribution in [-0.4, -0.2) is 21.7 Å². The molecule has 0 saturated carbocycles. The highest BCUT2D eigenvalue weighted by atomic mass is 16.5. The van der Waals surface area contributed by atoms with Crippen LogP contribution in [0.25, 0.3) is 22.4 Å². The fourth-order valence-electron chi connectivity index (χ4n) is 2.24. The molecule has 20 heavy (non-hydrogen) atoms. The average molecular weight is 268 g/mol. The Hall–Kier alpha value is -2.33. The van der Waals surface area contributed by atoms with Crippen LogP contribution in [0.1, 0.15) is 12.5 Å². The van der Waals surface area contributed by atoms with Crippen LogP contribution in [-0.2, 0) is 6.61 Å². The van der Waals surface area contributed by atoms with E-state index >= 15 is 0 Å².